The van der Waals surface area contributed by atoms with Crippen LogP contribution >= 0.6 is 0 Å². The number of aromatic amines is 1. The molecule has 1 amide bonds. The van der Waals surface area contributed by atoms with Gasteiger partial charge in [0.05, 0.1) is 12.4 Å². The van der Waals surface area contributed by atoms with Crippen LogP contribution in [0.4, 0.5) is 0 Å². The van der Waals surface area contributed by atoms with Crippen molar-refractivity contribution < 1.29 is 4.79 Å². The summed E-state index contributed by atoms with van der Waals surface area (Å²) in [6.45, 7) is 1.35. The first-order chi connectivity index (χ1) is 11.3. The van der Waals surface area contributed by atoms with Crippen molar-refractivity contribution in [3.63, 3.8) is 0 Å². The predicted molar refractivity (Wildman–Crippen MR) is 86.5 cm³/mol. The summed E-state index contributed by atoms with van der Waals surface area (Å²) in [5.41, 5.74) is 3.82. The first-order valence-corrected chi connectivity index (χ1v) is 7.87. The Labute approximate surface area is 132 Å². The van der Waals surface area contributed by atoms with Gasteiger partial charge in [-0.2, -0.15) is 5.10 Å². The molecule has 0 atom stereocenters. The number of carbonyl (C=O) groups is 1. The minimum atomic E-state index is 0.260. The van der Waals surface area contributed by atoms with Crippen molar-refractivity contribution in [3.05, 3.63) is 36.3 Å². The largest absolute Gasteiger partial charge is 0.346 e. The standard InChI is InChI=1S/C17H15N5O/c23-17(10-1-2-10)22-6-4-11(9-22)13-7-20-21-14-8-19-16-12(15(13)14)3-5-18-16/h3-5,7-8,10H,1-2,6,9H2,(H,18,19). The number of aromatic nitrogens is 4. The summed E-state index contributed by atoms with van der Waals surface area (Å²) >= 11 is 0. The van der Waals surface area contributed by atoms with Gasteiger partial charge in [-0.25, -0.2) is 4.98 Å². The van der Waals surface area contributed by atoms with Crippen molar-refractivity contribution in [1.29, 1.82) is 0 Å². The zero-order chi connectivity index (χ0) is 15.4. The van der Waals surface area contributed by atoms with Crippen molar-refractivity contribution >= 4 is 33.4 Å². The molecule has 6 nitrogen and oxygen atoms in total. The number of hydrogen-bond donors (Lipinski definition) is 1. The van der Waals surface area contributed by atoms with Crippen LogP contribution in [0.15, 0.2) is 30.7 Å². The lowest BCUT2D eigenvalue weighted by Crippen LogP contribution is -2.30. The fraction of sp³-hybridized carbons (Fsp3) is 0.294. The Bertz CT molecular complexity index is 969. The van der Waals surface area contributed by atoms with Crippen molar-refractivity contribution in [2.75, 3.05) is 13.1 Å². The molecule has 1 aliphatic carbocycles. The van der Waals surface area contributed by atoms with Gasteiger partial charge in [0.1, 0.15) is 11.2 Å². The van der Waals surface area contributed by atoms with Gasteiger partial charge < -0.3 is 9.88 Å². The topological polar surface area (TPSA) is 74.8 Å². The Kier molecular flexibility index (Phi) is 2.56. The lowest BCUT2D eigenvalue weighted by Gasteiger charge is -2.16. The van der Waals surface area contributed by atoms with E-state index in [9.17, 15) is 4.79 Å². The number of pyridine rings is 1. The van der Waals surface area contributed by atoms with Crippen LogP contribution in [0.2, 0.25) is 0 Å². The molecule has 5 rings (SSSR count). The zero-order valence-electron chi connectivity index (χ0n) is 12.5. The highest BCUT2D eigenvalue weighted by Crippen LogP contribution is 2.35. The third-order valence-corrected chi connectivity index (χ3v) is 4.69. The van der Waals surface area contributed by atoms with Gasteiger partial charge in [-0.1, -0.05) is 6.08 Å². The molecule has 1 saturated carbocycles. The average Bonchev–Trinajstić information content (AvgIpc) is 3.12. The Morgan fingerprint density at radius 2 is 2.22 bits per heavy atom. The van der Waals surface area contributed by atoms with Crippen LogP contribution in [0, 0.1) is 5.92 Å². The number of nitrogens with zero attached hydrogens (tertiary/aromatic N) is 4. The Balaban J connectivity index is 1.60. The number of amides is 1. The van der Waals surface area contributed by atoms with Gasteiger partial charge in [0.2, 0.25) is 5.91 Å². The molecule has 114 valence electrons. The minimum absolute atomic E-state index is 0.260. The summed E-state index contributed by atoms with van der Waals surface area (Å²) in [4.78, 5) is 21.7. The normalized spacial score (nSPS) is 17.9. The molecule has 1 N–H and O–H groups in total. The molecule has 23 heavy (non-hydrogen) atoms. The van der Waals surface area contributed by atoms with Crippen LogP contribution in [0.5, 0.6) is 0 Å². The van der Waals surface area contributed by atoms with Gasteiger partial charge in [0.15, 0.2) is 0 Å². The average molecular weight is 305 g/mol. The van der Waals surface area contributed by atoms with E-state index in [0.717, 1.165) is 45.9 Å². The van der Waals surface area contributed by atoms with Gasteiger partial charge in [0, 0.05) is 41.5 Å². The molecule has 4 heterocycles. The fourth-order valence-corrected chi connectivity index (χ4v) is 3.32. The maximum atomic E-state index is 12.3. The maximum absolute atomic E-state index is 12.3. The predicted octanol–water partition coefficient (Wildman–Crippen LogP) is 2.14. The quantitative estimate of drug-likeness (QED) is 0.787. The molecule has 1 fully saturated rings. The van der Waals surface area contributed by atoms with E-state index in [0.29, 0.717) is 13.1 Å². The SMILES string of the molecule is O=C(C1CC1)N1CC=C(c2cnnc3cnc4[nH]ccc4c23)C1. The van der Waals surface area contributed by atoms with Gasteiger partial charge >= 0.3 is 0 Å². The number of carbonyl (C=O) groups excluding carboxylic acids is 1. The summed E-state index contributed by atoms with van der Waals surface area (Å²) in [5.74, 6) is 0.548. The van der Waals surface area contributed by atoms with Crippen molar-refractivity contribution in [3.8, 4) is 0 Å². The minimum Gasteiger partial charge on any atom is -0.346 e. The van der Waals surface area contributed by atoms with Gasteiger partial charge in [-0.15, -0.1) is 5.10 Å². The first kappa shape index (κ1) is 12.8. The van der Waals surface area contributed by atoms with E-state index in [2.05, 4.69) is 26.2 Å². The third-order valence-electron chi connectivity index (χ3n) is 4.69. The molecular weight excluding hydrogens is 290 g/mol. The first-order valence-electron chi connectivity index (χ1n) is 7.87. The molecule has 1 aliphatic heterocycles. The van der Waals surface area contributed by atoms with Crippen LogP contribution in [0.25, 0.3) is 27.5 Å². The Morgan fingerprint density at radius 3 is 3.09 bits per heavy atom. The second-order valence-corrected chi connectivity index (χ2v) is 6.24. The van der Waals surface area contributed by atoms with Crippen LogP contribution in [-0.4, -0.2) is 44.1 Å². The van der Waals surface area contributed by atoms with Crippen molar-refractivity contribution in [2.45, 2.75) is 12.8 Å². The number of nitrogens with one attached hydrogen (secondary N) is 1. The number of hydrogen-bond acceptors (Lipinski definition) is 4. The van der Waals surface area contributed by atoms with Crippen LogP contribution in [-0.2, 0) is 4.79 Å². The van der Waals surface area contributed by atoms with Crippen molar-refractivity contribution in [1.82, 2.24) is 25.1 Å². The van der Waals surface area contributed by atoms with E-state index in [1.807, 2.05) is 17.2 Å². The molecule has 0 aromatic carbocycles. The lowest BCUT2D eigenvalue weighted by molar-refractivity contribution is -0.131. The van der Waals surface area contributed by atoms with Gasteiger partial charge in [0.25, 0.3) is 0 Å². The van der Waals surface area contributed by atoms with Crippen LogP contribution in [0.3, 0.4) is 0 Å². The molecule has 0 saturated heterocycles. The monoisotopic (exact) mass is 305 g/mol. The van der Waals surface area contributed by atoms with Crippen molar-refractivity contribution in [2.24, 2.45) is 5.92 Å². The van der Waals surface area contributed by atoms with E-state index in [1.165, 1.54) is 0 Å². The number of fused-ring (bicyclic) bond motifs is 3. The molecule has 0 spiro atoms. The molecule has 2 aliphatic rings. The van der Waals surface area contributed by atoms with E-state index < -0.39 is 0 Å². The van der Waals surface area contributed by atoms with Crippen LogP contribution < -0.4 is 0 Å². The number of rotatable bonds is 2. The fourth-order valence-electron chi connectivity index (χ4n) is 3.32. The molecule has 6 heteroatoms. The second-order valence-electron chi connectivity index (χ2n) is 6.24. The zero-order valence-corrected chi connectivity index (χ0v) is 12.5. The summed E-state index contributed by atoms with van der Waals surface area (Å²) < 4.78 is 0. The molecule has 3 aromatic heterocycles. The second kappa shape index (κ2) is 4.62. The van der Waals surface area contributed by atoms with E-state index in [4.69, 9.17) is 0 Å². The number of H-pyrrole nitrogens is 1. The molecular formula is C17H15N5O. The van der Waals surface area contributed by atoms with Gasteiger partial charge in [-0.3, -0.25) is 4.79 Å². The Morgan fingerprint density at radius 1 is 1.30 bits per heavy atom. The summed E-state index contributed by atoms with van der Waals surface area (Å²) in [6, 6.07) is 2.01. The summed E-state index contributed by atoms with van der Waals surface area (Å²) in [7, 11) is 0. The molecule has 0 radical (unpaired) electrons. The molecule has 3 aromatic rings. The highest BCUT2D eigenvalue weighted by atomic mass is 16.2. The van der Waals surface area contributed by atoms with E-state index >= 15 is 0 Å². The van der Waals surface area contributed by atoms with E-state index in [-0.39, 0.29) is 11.8 Å². The Hall–Kier alpha value is -2.76. The summed E-state index contributed by atoms with van der Waals surface area (Å²) in [6.07, 6.45) is 9.64. The smallest absolute Gasteiger partial charge is 0.226 e. The lowest BCUT2D eigenvalue weighted by atomic mass is 10.0. The summed E-state index contributed by atoms with van der Waals surface area (Å²) in [5, 5.41) is 10.4. The highest BCUT2D eigenvalue weighted by molar-refractivity contribution is 6.08. The highest BCUT2D eigenvalue weighted by Gasteiger charge is 2.35. The van der Waals surface area contributed by atoms with Gasteiger partial charge in [-0.05, 0) is 24.5 Å². The molecule has 0 unspecified atom stereocenters. The molecule has 0 bridgehead atoms. The maximum Gasteiger partial charge on any atom is 0.226 e. The van der Waals surface area contributed by atoms with Crippen LogP contribution in [0.1, 0.15) is 18.4 Å². The van der Waals surface area contributed by atoms with E-state index in [1.54, 1.807) is 12.4 Å². The third kappa shape index (κ3) is 1.94.